The number of nitrogens with zero attached hydrogens (tertiary/aromatic N) is 2. The fraction of sp³-hybridized carbons (Fsp3) is 0.538. The van der Waals surface area contributed by atoms with E-state index in [-0.39, 0.29) is 18.0 Å². The molecule has 1 fully saturated rings. The summed E-state index contributed by atoms with van der Waals surface area (Å²) in [4.78, 5) is 18.2. The zero-order valence-corrected chi connectivity index (χ0v) is 10.2. The molecular weight excluding hydrogens is 214 g/mol. The predicted octanol–water partition coefficient (Wildman–Crippen LogP) is 1.48. The fourth-order valence-corrected chi connectivity index (χ4v) is 2.34. The van der Waals surface area contributed by atoms with Crippen molar-refractivity contribution in [3.05, 3.63) is 30.1 Å². The number of carbonyl (C=O) groups excluding carboxylic acids is 1. The summed E-state index contributed by atoms with van der Waals surface area (Å²) in [7, 11) is 0. The maximum absolute atomic E-state index is 12.1. The second-order valence-electron chi connectivity index (χ2n) is 4.49. The molecule has 1 aromatic heterocycles. The first-order chi connectivity index (χ1) is 8.24. The Hall–Kier alpha value is -1.42. The van der Waals surface area contributed by atoms with Crippen molar-refractivity contribution in [2.75, 3.05) is 6.54 Å². The number of likely N-dealkylation sites (tertiary alicyclic amines) is 1. The van der Waals surface area contributed by atoms with Gasteiger partial charge in [-0.25, -0.2) is 0 Å². The van der Waals surface area contributed by atoms with Crippen LogP contribution in [0.25, 0.3) is 0 Å². The molecule has 92 valence electrons. The lowest BCUT2D eigenvalue weighted by molar-refractivity contribution is -0.133. The monoisotopic (exact) mass is 233 g/mol. The summed E-state index contributed by atoms with van der Waals surface area (Å²) in [5.41, 5.74) is 6.94. The number of aromatic nitrogens is 1. The Labute approximate surface area is 102 Å². The average molecular weight is 233 g/mol. The van der Waals surface area contributed by atoms with Crippen LogP contribution in [-0.2, 0) is 4.79 Å². The van der Waals surface area contributed by atoms with Crippen LogP contribution in [0.15, 0.2) is 24.5 Å². The standard InChI is InChI=1S/C13H19N3O/c1-2-11(14)13(17)16-8-4-6-12(16)10-5-3-7-15-9-10/h3,5,7,9,11-12H,2,4,6,8,14H2,1H3. The molecule has 0 bridgehead atoms. The molecule has 0 aliphatic carbocycles. The second-order valence-corrected chi connectivity index (χ2v) is 4.49. The molecule has 0 aromatic carbocycles. The fourth-order valence-electron chi connectivity index (χ4n) is 2.34. The molecule has 4 nitrogen and oxygen atoms in total. The highest BCUT2D eigenvalue weighted by Gasteiger charge is 2.31. The van der Waals surface area contributed by atoms with Crippen molar-refractivity contribution in [1.82, 2.24) is 9.88 Å². The third-order valence-corrected chi connectivity index (χ3v) is 3.36. The SMILES string of the molecule is CCC(N)C(=O)N1CCCC1c1cccnc1. The molecule has 0 radical (unpaired) electrons. The van der Waals surface area contributed by atoms with E-state index in [0.717, 1.165) is 24.9 Å². The third kappa shape index (κ3) is 2.47. The Morgan fingerprint density at radius 2 is 2.53 bits per heavy atom. The van der Waals surface area contributed by atoms with Gasteiger partial charge in [0.15, 0.2) is 0 Å². The van der Waals surface area contributed by atoms with Crippen LogP contribution in [0.5, 0.6) is 0 Å². The zero-order chi connectivity index (χ0) is 12.3. The highest BCUT2D eigenvalue weighted by molar-refractivity contribution is 5.82. The summed E-state index contributed by atoms with van der Waals surface area (Å²) in [6, 6.07) is 3.73. The molecule has 1 aliphatic rings. The first-order valence-electron chi connectivity index (χ1n) is 6.20. The van der Waals surface area contributed by atoms with Gasteiger partial charge in [-0.05, 0) is 30.9 Å². The largest absolute Gasteiger partial charge is 0.334 e. The highest BCUT2D eigenvalue weighted by Crippen LogP contribution is 2.31. The zero-order valence-electron chi connectivity index (χ0n) is 10.2. The molecule has 1 amide bonds. The summed E-state index contributed by atoms with van der Waals surface area (Å²) in [6.45, 7) is 2.75. The lowest BCUT2D eigenvalue weighted by Gasteiger charge is -2.27. The van der Waals surface area contributed by atoms with E-state index in [4.69, 9.17) is 5.73 Å². The topological polar surface area (TPSA) is 59.2 Å². The number of amides is 1. The van der Waals surface area contributed by atoms with Crippen molar-refractivity contribution in [3.63, 3.8) is 0 Å². The van der Waals surface area contributed by atoms with Gasteiger partial charge in [0.25, 0.3) is 0 Å². The number of hydrogen-bond acceptors (Lipinski definition) is 3. The Kier molecular flexibility index (Phi) is 3.74. The molecule has 0 saturated carbocycles. The minimum absolute atomic E-state index is 0.0684. The van der Waals surface area contributed by atoms with Crippen LogP contribution in [-0.4, -0.2) is 28.4 Å². The van der Waals surface area contributed by atoms with Gasteiger partial charge in [-0.3, -0.25) is 9.78 Å². The summed E-state index contributed by atoms with van der Waals surface area (Å²) in [6.07, 6.45) is 6.33. The van der Waals surface area contributed by atoms with Crippen molar-refractivity contribution in [2.45, 2.75) is 38.3 Å². The Bertz CT molecular complexity index is 380. The quantitative estimate of drug-likeness (QED) is 0.860. The van der Waals surface area contributed by atoms with Crippen LogP contribution in [0.1, 0.15) is 37.8 Å². The van der Waals surface area contributed by atoms with E-state index in [1.165, 1.54) is 0 Å². The van der Waals surface area contributed by atoms with Crippen molar-refractivity contribution in [3.8, 4) is 0 Å². The van der Waals surface area contributed by atoms with Crippen molar-refractivity contribution >= 4 is 5.91 Å². The molecule has 2 unspecified atom stereocenters. The van der Waals surface area contributed by atoms with E-state index in [9.17, 15) is 4.79 Å². The van der Waals surface area contributed by atoms with Gasteiger partial charge in [0.05, 0.1) is 12.1 Å². The molecule has 2 rings (SSSR count). The number of hydrogen-bond donors (Lipinski definition) is 1. The van der Waals surface area contributed by atoms with E-state index in [2.05, 4.69) is 4.98 Å². The van der Waals surface area contributed by atoms with E-state index in [1.54, 1.807) is 6.20 Å². The molecular formula is C13H19N3O. The molecule has 4 heteroatoms. The Morgan fingerprint density at radius 3 is 3.18 bits per heavy atom. The average Bonchev–Trinajstić information content (AvgIpc) is 2.87. The van der Waals surface area contributed by atoms with Crippen LogP contribution in [0.2, 0.25) is 0 Å². The molecule has 2 heterocycles. The lowest BCUT2D eigenvalue weighted by atomic mass is 10.1. The van der Waals surface area contributed by atoms with Gasteiger partial charge in [0, 0.05) is 18.9 Å². The number of pyridine rings is 1. The van der Waals surface area contributed by atoms with Gasteiger partial charge >= 0.3 is 0 Å². The first-order valence-corrected chi connectivity index (χ1v) is 6.20. The van der Waals surface area contributed by atoms with E-state index in [0.29, 0.717) is 6.42 Å². The summed E-state index contributed by atoms with van der Waals surface area (Å²) in [5.74, 6) is 0.0684. The van der Waals surface area contributed by atoms with E-state index < -0.39 is 0 Å². The van der Waals surface area contributed by atoms with E-state index >= 15 is 0 Å². The minimum Gasteiger partial charge on any atom is -0.334 e. The van der Waals surface area contributed by atoms with Gasteiger partial charge in [-0.1, -0.05) is 13.0 Å². The maximum atomic E-state index is 12.1. The van der Waals surface area contributed by atoms with Crippen LogP contribution in [0, 0.1) is 0 Å². The summed E-state index contributed by atoms with van der Waals surface area (Å²) >= 11 is 0. The summed E-state index contributed by atoms with van der Waals surface area (Å²) < 4.78 is 0. The van der Waals surface area contributed by atoms with Gasteiger partial charge < -0.3 is 10.6 Å². The predicted molar refractivity (Wildman–Crippen MR) is 66.2 cm³/mol. The maximum Gasteiger partial charge on any atom is 0.239 e. The molecule has 1 saturated heterocycles. The number of nitrogens with two attached hydrogens (primary N) is 1. The highest BCUT2D eigenvalue weighted by atomic mass is 16.2. The van der Waals surface area contributed by atoms with Crippen molar-refractivity contribution < 1.29 is 4.79 Å². The van der Waals surface area contributed by atoms with Gasteiger partial charge in [0.2, 0.25) is 5.91 Å². The van der Waals surface area contributed by atoms with Crippen LogP contribution in [0.3, 0.4) is 0 Å². The van der Waals surface area contributed by atoms with Gasteiger partial charge in [-0.15, -0.1) is 0 Å². The second kappa shape index (κ2) is 5.27. The van der Waals surface area contributed by atoms with E-state index in [1.807, 2.05) is 30.2 Å². The van der Waals surface area contributed by atoms with Crippen LogP contribution < -0.4 is 5.73 Å². The normalized spacial score (nSPS) is 21.5. The molecule has 1 aromatic rings. The molecule has 1 aliphatic heterocycles. The Morgan fingerprint density at radius 1 is 1.71 bits per heavy atom. The number of rotatable bonds is 3. The minimum atomic E-state index is -0.368. The van der Waals surface area contributed by atoms with Crippen LogP contribution >= 0.6 is 0 Å². The van der Waals surface area contributed by atoms with Gasteiger partial charge in [-0.2, -0.15) is 0 Å². The van der Waals surface area contributed by atoms with Crippen molar-refractivity contribution in [1.29, 1.82) is 0 Å². The van der Waals surface area contributed by atoms with Crippen LogP contribution in [0.4, 0.5) is 0 Å². The molecule has 17 heavy (non-hydrogen) atoms. The first kappa shape index (κ1) is 12.0. The lowest BCUT2D eigenvalue weighted by Crippen LogP contribution is -2.43. The molecule has 0 spiro atoms. The smallest absolute Gasteiger partial charge is 0.239 e. The summed E-state index contributed by atoms with van der Waals surface area (Å²) in [5, 5.41) is 0. The molecule has 2 N–H and O–H groups in total. The number of carbonyl (C=O) groups is 1. The Balaban J connectivity index is 2.15. The third-order valence-electron chi connectivity index (χ3n) is 3.36. The molecule has 2 atom stereocenters. The van der Waals surface area contributed by atoms with Gasteiger partial charge in [0.1, 0.15) is 0 Å². The van der Waals surface area contributed by atoms with Crippen molar-refractivity contribution in [2.24, 2.45) is 5.73 Å².